The molecule has 2 N–H and O–H groups in total. The van der Waals surface area contributed by atoms with E-state index in [1.165, 1.54) is 24.3 Å². The third-order valence-electron chi connectivity index (χ3n) is 4.18. The van der Waals surface area contributed by atoms with E-state index >= 15 is 0 Å². The number of halogens is 1. The molecule has 3 aromatic carbocycles. The summed E-state index contributed by atoms with van der Waals surface area (Å²) in [7, 11) is -3.67. The number of sulfonamides is 1. The predicted molar refractivity (Wildman–Crippen MR) is 115 cm³/mol. The fourth-order valence-electron chi connectivity index (χ4n) is 2.69. The van der Waals surface area contributed by atoms with Gasteiger partial charge in [-0.15, -0.1) is 0 Å². The SMILES string of the molecule is O=S(=O)(Nc1cccc(/C=C/[C@H](O)CCOc2cccc(F)c2)c1)c1ccccc1. The molecule has 0 aliphatic rings. The van der Waals surface area contributed by atoms with Crippen LogP contribution in [0.15, 0.2) is 89.8 Å². The highest BCUT2D eigenvalue weighted by molar-refractivity contribution is 7.92. The number of anilines is 1. The van der Waals surface area contributed by atoms with Crippen molar-refractivity contribution in [1.29, 1.82) is 0 Å². The van der Waals surface area contributed by atoms with Gasteiger partial charge in [-0.2, -0.15) is 0 Å². The second-order valence-corrected chi connectivity index (χ2v) is 8.25. The first-order valence-corrected chi connectivity index (χ1v) is 10.8. The maximum absolute atomic E-state index is 13.1. The van der Waals surface area contributed by atoms with E-state index in [-0.39, 0.29) is 17.3 Å². The Hall–Kier alpha value is -3.16. The Balaban J connectivity index is 1.55. The van der Waals surface area contributed by atoms with Crippen LogP contribution in [0.4, 0.5) is 10.1 Å². The van der Waals surface area contributed by atoms with Crippen molar-refractivity contribution in [2.45, 2.75) is 17.4 Å². The van der Waals surface area contributed by atoms with Crippen molar-refractivity contribution in [1.82, 2.24) is 0 Å². The molecule has 0 bridgehead atoms. The van der Waals surface area contributed by atoms with E-state index in [2.05, 4.69) is 4.72 Å². The molecular formula is C23H22FNO4S. The number of nitrogens with one attached hydrogen (secondary N) is 1. The van der Waals surface area contributed by atoms with Crippen molar-refractivity contribution in [3.8, 4) is 5.75 Å². The molecule has 0 amide bonds. The lowest BCUT2D eigenvalue weighted by Gasteiger charge is -2.09. The Morgan fingerprint density at radius 3 is 2.53 bits per heavy atom. The number of hydrogen-bond acceptors (Lipinski definition) is 4. The zero-order valence-electron chi connectivity index (χ0n) is 16.1. The van der Waals surface area contributed by atoms with Gasteiger partial charge in [-0.3, -0.25) is 4.72 Å². The molecule has 7 heteroatoms. The van der Waals surface area contributed by atoms with Crippen LogP contribution in [-0.2, 0) is 10.0 Å². The van der Waals surface area contributed by atoms with Crippen molar-refractivity contribution in [3.05, 3.63) is 96.3 Å². The van der Waals surface area contributed by atoms with Crippen molar-refractivity contribution >= 4 is 21.8 Å². The molecule has 5 nitrogen and oxygen atoms in total. The molecule has 1 atom stereocenters. The van der Waals surface area contributed by atoms with Crippen molar-refractivity contribution in [3.63, 3.8) is 0 Å². The van der Waals surface area contributed by atoms with E-state index in [0.717, 1.165) is 5.56 Å². The third-order valence-corrected chi connectivity index (χ3v) is 5.58. The molecule has 0 radical (unpaired) electrons. The van der Waals surface area contributed by atoms with Gasteiger partial charge in [0.25, 0.3) is 10.0 Å². The average Bonchev–Trinajstić information content (AvgIpc) is 2.73. The lowest BCUT2D eigenvalue weighted by Crippen LogP contribution is -2.12. The molecule has 0 saturated carbocycles. The highest BCUT2D eigenvalue weighted by Crippen LogP contribution is 2.18. The van der Waals surface area contributed by atoms with Crippen molar-refractivity contribution < 1.29 is 22.7 Å². The van der Waals surface area contributed by atoms with Crippen LogP contribution in [0.1, 0.15) is 12.0 Å². The minimum Gasteiger partial charge on any atom is -0.493 e. The smallest absolute Gasteiger partial charge is 0.261 e. The van der Waals surface area contributed by atoms with Gasteiger partial charge in [0.15, 0.2) is 0 Å². The van der Waals surface area contributed by atoms with Crippen LogP contribution in [0.25, 0.3) is 6.08 Å². The number of rotatable bonds is 9. The van der Waals surface area contributed by atoms with E-state index in [0.29, 0.717) is 17.9 Å². The summed E-state index contributed by atoms with van der Waals surface area (Å²) in [5.74, 6) is 0.0281. The minimum atomic E-state index is -3.67. The molecule has 30 heavy (non-hydrogen) atoms. The molecule has 0 saturated heterocycles. The zero-order chi connectivity index (χ0) is 21.4. The first-order chi connectivity index (χ1) is 14.4. The van der Waals surface area contributed by atoms with Gasteiger partial charge in [0.05, 0.1) is 17.6 Å². The Morgan fingerprint density at radius 1 is 1.00 bits per heavy atom. The lowest BCUT2D eigenvalue weighted by molar-refractivity contribution is 0.179. The first-order valence-electron chi connectivity index (χ1n) is 9.35. The minimum absolute atomic E-state index is 0.180. The molecule has 0 aliphatic heterocycles. The van der Waals surface area contributed by atoms with Gasteiger partial charge >= 0.3 is 0 Å². The van der Waals surface area contributed by atoms with Crippen molar-refractivity contribution in [2.75, 3.05) is 11.3 Å². The summed E-state index contributed by atoms with van der Waals surface area (Å²) in [6.07, 6.45) is 2.86. The summed E-state index contributed by atoms with van der Waals surface area (Å²) in [5.41, 5.74) is 1.15. The average molecular weight is 427 g/mol. The molecule has 0 aromatic heterocycles. The first kappa shape index (κ1) is 21.5. The molecule has 0 spiro atoms. The quantitative estimate of drug-likeness (QED) is 0.528. The van der Waals surface area contributed by atoms with Gasteiger partial charge in [-0.25, -0.2) is 12.8 Å². The van der Waals surface area contributed by atoms with Crippen LogP contribution in [-0.4, -0.2) is 26.2 Å². The van der Waals surface area contributed by atoms with Crippen LogP contribution in [0.2, 0.25) is 0 Å². The Bertz CT molecular complexity index is 1100. The summed E-state index contributed by atoms with van der Waals surface area (Å²) in [5, 5.41) is 10.1. The van der Waals surface area contributed by atoms with Gasteiger partial charge in [0.2, 0.25) is 0 Å². The highest BCUT2D eigenvalue weighted by atomic mass is 32.2. The Labute approximate surface area is 175 Å². The number of benzene rings is 3. The number of ether oxygens (including phenoxy) is 1. The number of aliphatic hydroxyl groups excluding tert-OH is 1. The normalized spacial score (nSPS) is 12.6. The van der Waals surface area contributed by atoms with Crippen LogP contribution in [0.5, 0.6) is 5.75 Å². The fraction of sp³-hybridized carbons (Fsp3) is 0.130. The standard InChI is InChI=1S/C23H22FNO4S/c24-19-7-5-9-22(17-19)29-15-14-21(26)13-12-18-6-4-8-20(16-18)25-30(27,28)23-10-2-1-3-11-23/h1-13,16-17,21,25-26H,14-15H2/b13-12+/t21-/m0/s1. The van der Waals surface area contributed by atoms with E-state index in [9.17, 15) is 17.9 Å². The number of aliphatic hydroxyl groups is 1. The summed E-state index contributed by atoms with van der Waals surface area (Å²) < 4.78 is 45.9. The summed E-state index contributed by atoms with van der Waals surface area (Å²) in [4.78, 5) is 0.180. The molecule has 3 rings (SSSR count). The zero-order valence-corrected chi connectivity index (χ0v) is 16.9. The maximum atomic E-state index is 13.1. The lowest BCUT2D eigenvalue weighted by atomic mass is 10.1. The summed E-state index contributed by atoms with van der Waals surface area (Å²) in [6, 6.07) is 20.8. The van der Waals surface area contributed by atoms with Gasteiger partial charge in [0.1, 0.15) is 11.6 Å². The summed E-state index contributed by atoms with van der Waals surface area (Å²) >= 11 is 0. The van der Waals surface area contributed by atoms with E-state index in [1.54, 1.807) is 66.7 Å². The van der Waals surface area contributed by atoms with Crippen molar-refractivity contribution in [2.24, 2.45) is 0 Å². The molecule has 0 unspecified atom stereocenters. The van der Waals surface area contributed by atoms with Gasteiger partial charge in [-0.05, 0) is 42.0 Å². The molecular weight excluding hydrogens is 405 g/mol. The Morgan fingerprint density at radius 2 is 1.77 bits per heavy atom. The molecule has 0 aliphatic carbocycles. The van der Waals surface area contributed by atoms with Crippen LogP contribution >= 0.6 is 0 Å². The Kier molecular flexibility index (Phi) is 7.21. The molecule has 0 heterocycles. The van der Waals surface area contributed by atoms with Gasteiger partial charge in [-0.1, -0.05) is 48.6 Å². The van der Waals surface area contributed by atoms with E-state index in [1.807, 2.05) is 0 Å². The molecule has 0 fully saturated rings. The van der Waals surface area contributed by atoms with Crippen LogP contribution in [0, 0.1) is 5.82 Å². The number of hydrogen-bond donors (Lipinski definition) is 2. The topological polar surface area (TPSA) is 75.6 Å². The van der Waals surface area contributed by atoms with Crippen LogP contribution < -0.4 is 9.46 Å². The highest BCUT2D eigenvalue weighted by Gasteiger charge is 2.13. The van der Waals surface area contributed by atoms with Gasteiger partial charge < -0.3 is 9.84 Å². The monoisotopic (exact) mass is 427 g/mol. The maximum Gasteiger partial charge on any atom is 0.261 e. The van der Waals surface area contributed by atoms with E-state index < -0.39 is 16.1 Å². The molecule has 3 aromatic rings. The predicted octanol–water partition coefficient (Wildman–Crippen LogP) is 4.47. The largest absolute Gasteiger partial charge is 0.493 e. The second-order valence-electron chi connectivity index (χ2n) is 6.56. The van der Waals surface area contributed by atoms with Crippen LogP contribution in [0.3, 0.4) is 0 Å². The molecule has 156 valence electrons. The third kappa shape index (κ3) is 6.43. The van der Waals surface area contributed by atoms with Gasteiger partial charge in [0, 0.05) is 18.2 Å². The fourth-order valence-corrected chi connectivity index (χ4v) is 3.76. The second kappa shape index (κ2) is 10.0. The van der Waals surface area contributed by atoms with E-state index in [4.69, 9.17) is 4.74 Å². The summed E-state index contributed by atoms with van der Waals surface area (Å²) in [6.45, 7) is 0.228.